The van der Waals surface area contributed by atoms with Crippen LogP contribution in [0.5, 0.6) is 0 Å². The van der Waals surface area contributed by atoms with Gasteiger partial charge in [0.2, 0.25) is 11.8 Å². The van der Waals surface area contributed by atoms with Crippen molar-refractivity contribution in [1.82, 2.24) is 5.32 Å². The molecule has 4 nitrogen and oxygen atoms in total. The highest BCUT2D eigenvalue weighted by Gasteiger charge is 2.37. The van der Waals surface area contributed by atoms with Crippen LogP contribution >= 0.6 is 0 Å². The fraction of sp³-hybridized carbons (Fsp3) is 0.556. The van der Waals surface area contributed by atoms with Gasteiger partial charge in [0, 0.05) is 11.7 Å². The zero-order valence-electron chi connectivity index (χ0n) is 13.7. The Kier molecular flexibility index (Phi) is 5.22. The van der Waals surface area contributed by atoms with Gasteiger partial charge in [0.1, 0.15) is 5.41 Å². The largest absolute Gasteiger partial charge is 0.352 e. The molecule has 1 aromatic rings. The third-order valence-electron chi connectivity index (χ3n) is 4.45. The quantitative estimate of drug-likeness (QED) is 0.820. The Morgan fingerprint density at radius 3 is 2.23 bits per heavy atom. The molecular weight excluding hydrogens is 276 g/mol. The predicted octanol–water partition coefficient (Wildman–Crippen LogP) is 3.27. The topological polar surface area (TPSA) is 58.2 Å². The van der Waals surface area contributed by atoms with Gasteiger partial charge in [-0.2, -0.15) is 0 Å². The first-order valence-electron chi connectivity index (χ1n) is 8.15. The molecule has 22 heavy (non-hydrogen) atoms. The number of nitrogens with one attached hydrogen (secondary N) is 2. The minimum absolute atomic E-state index is 0.193. The fourth-order valence-corrected chi connectivity index (χ4v) is 2.65. The summed E-state index contributed by atoms with van der Waals surface area (Å²) in [5.74, 6) is -0.464. The number of hydrogen-bond donors (Lipinski definition) is 2. The molecule has 0 bridgehead atoms. The number of anilines is 1. The molecule has 0 saturated heterocycles. The lowest BCUT2D eigenvalue weighted by Gasteiger charge is -2.25. The Bertz CT molecular complexity index is 529. The summed E-state index contributed by atoms with van der Waals surface area (Å²) >= 11 is 0. The van der Waals surface area contributed by atoms with Gasteiger partial charge in [-0.1, -0.05) is 31.9 Å². The van der Waals surface area contributed by atoms with Crippen LogP contribution < -0.4 is 10.6 Å². The summed E-state index contributed by atoms with van der Waals surface area (Å²) < 4.78 is 0. The zero-order valence-corrected chi connectivity index (χ0v) is 13.7. The molecule has 0 heterocycles. The third kappa shape index (κ3) is 3.87. The summed E-state index contributed by atoms with van der Waals surface area (Å²) in [5, 5.41) is 5.84. The molecule has 1 fully saturated rings. The number of carbonyl (C=O) groups excluding carboxylic acids is 2. The molecule has 4 heteroatoms. The molecule has 1 saturated carbocycles. The Hall–Kier alpha value is -1.84. The lowest BCUT2D eigenvalue weighted by molar-refractivity contribution is -0.138. The molecule has 0 atom stereocenters. The highest BCUT2D eigenvalue weighted by Crippen LogP contribution is 2.23. The third-order valence-corrected chi connectivity index (χ3v) is 4.45. The lowest BCUT2D eigenvalue weighted by atomic mass is 9.90. The monoisotopic (exact) mass is 302 g/mol. The summed E-state index contributed by atoms with van der Waals surface area (Å²) in [7, 11) is 0. The summed E-state index contributed by atoms with van der Waals surface area (Å²) in [6.45, 7) is 5.43. The molecule has 2 N–H and O–H groups in total. The minimum atomic E-state index is -1.08. The van der Waals surface area contributed by atoms with E-state index in [1.807, 2.05) is 24.3 Å². The smallest absolute Gasteiger partial charge is 0.239 e. The summed E-state index contributed by atoms with van der Waals surface area (Å²) in [5.41, 5.74) is 0.867. The van der Waals surface area contributed by atoms with Gasteiger partial charge >= 0.3 is 0 Å². The van der Waals surface area contributed by atoms with Crippen molar-refractivity contribution < 1.29 is 9.59 Å². The van der Waals surface area contributed by atoms with E-state index in [9.17, 15) is 9.59 Å². The van der Waals surface area contributed by atoms with Gasteiger partial charge in [-0.25, -0.2) is 0 Å². The minimum Gasteiger partial charge on any atom is -0.352 e. The Morgan fingerprint density at radius 1 is 1.09 bits per heavy atom. The number of amides is 2. The molecule has 0 aromatic heterocycles. The van der Waals surface area contributed by atoms with E-state index in [4.69, 9.17) is 0 Å². The van der Waals surface area contributed by atoms with Crippen molar-refractivity contribution in [3.05, 3.63) is 29.8 Å². The summed E-state index contributed by atoms with van der Waals surface area (Å²) in [4.78, 5) is 24.8. The molecule has 1 aromatic carbocycles. The second kappa shape index (κ2) is 6.95. The Morgan fingerprint density at radius 2 is 1.68 bits per heavy atom. The zero-order chi connectivity index (χ0) is 16.2. The van der Waals surface area contributed by atoms with E-state index in [0.29, 0.717) is 0 Å². The van der Waals surface area contributed by atoms with E-state index >= 15 is 0 Å². The average Bonchev–Trinajstić information content (AvgIpc) is 3.00. The first-order chi connectivity index (χ1) is 10.4. The standard InChI is InChI=1S/C18H26N2O2/c1-4-13-9-11-15(12-10-13)20-17(22)18(2,3)16(21)19-14-7-5-6-8-14/h9-12,14H,4-8H2,1-3H3,(H,19,21)(H,20,22). The molecule has 2 rings (SSSR count). The summed E-state index contributed by atoms with van der Waals surface area (Å²) in [6, 6.07) is 7.95. The van der Waals surface area contributed by atoms with Crippen LogP contribution in [-0.4, -0.2) is 17.9 Å². The van der Waals surface area contributed by atoms with Crippen molar-refractivity contribution in [2.24, 2.45) is 5.41 Å². The summed E-state index contributed by atoms with van der Waals surface area (Å²) in [6.07, 6.45) is 5.30. The molecule has 0 radical (unpaired) electrons. The van der Waals surface area contributed by atoms with E-state index < -0.39 is 5.41 Å². The number of hydrogen-bond acceptors (Lipinski definition) is 2. The van der Waals surface area contributed by atoms with Crippen LogP contribution in [0.4, 0.5) is 5.69 Å². The SMILES string of the molecule is CCc1ccc(NC(=O)C(C)(C)C(=O)NC2CCCC2)cc1. The molecule has 1 aliphatic rings. The van der Waals surface area contributed by atoms with Gasteiger partial charge in [-0.05, 0) is 50.8 Å². The Balaban J connectivity index is 1.97. The molecular formula is C18H26N2O2. The lowest BCUT2D eigenvalue weighted by Crippen LogP contribution is -2.47. The highest BCUT2D eigenvalue weighted by atomic mass is 16.2. The van der Waals surface area contributed by atoms with Crippen molar-refractivity contribution >= 4 is 17.5 Å². The van der Waals surface area contributed by atoms with Crippen molar-refractivity contribution in [1.29, 1.82) is 0 Å². The van der Waals surface area contributed by atoms with Gasteiger partial charge in [0.15, 0.2) is 0 Å². The van der Waals surface area contributed by atoms with Crippen molar-refractivity contribution in [2.75, 3.05) is 5.32 Å². The first kappa shape index (κ1) is 16.5. The van der Waals surface area contributed by atoms with Gasteiger partial charge in [-0.15, -0.1) is 0 Å². The Labute approximate surface area is 132 Å². The van der Waals surface area contributed by atoms with Gasteiger partial charge in [0.05, 0.1) is 0 Å². The van der Waals surface area contributed by atoms with Crippen molar-refractivity contribution in [3.8, 4) is 0 Å². The molecule has 0 unspecified atom stereocenters. The number of rotatable bonds is 5. The van der Waals surface area contributed by atoms with Crippen molar-refractivity contribution in [2.45, 2.75) is 58.9 Å². The molecule has 2 amide bonds. The van der Waals surface area contributed by atoms with Crippen LogP contribution in [0.3, 0.4) is 0 Å². The van der Waals surface area contributed by atoms with Crippen LogP contribution in [0.2, 0.25) is 0 Å². The van der Waals surface area contributed by atoms with E-state index in [2.05, 4.69) is 17.6 Å². The predicted molar refractivity (Wildman–Crippen MR) is 88.6 cm³/mol. The first-order valence-corrected chi connectivity index (χ1v) is 8.15. The van der Waals surface area contributed by atoms with E-state index in [1.54, 1.807) is 13.8 Å². The molecule has 120 valence electrons. The second-order valence-electron chi connectivity index (χ2n) is 6.58. The van der Waals surface area contributed by atoms with E-state index in [-0.39, 0.29) is 17.9 Å². The van der Waals surface area contributed by atoms with Gasteiger partial charge < -0.3 is 10.6 Å². The second-order valence-corrected chi connectivity index (χ2v) is 6.58. The number of carbonyl (C=O) groups is 2. The molecule has 0 spiro atoms. The van der Waals surface area contributed by atoms with E-state index in [0.717, 1.165) is 37.8 Å². The maximum atomic E-state index is 12.4. The van der Waals surface area contributed by atoms with E-state index in [1.165, 1.54) is 5.56 Å². The van der Waals surface area contributed by atoms with Crippen LogP contribution in [0, 0.1) is 5.41 Å². The number of aryl methyl sites for hydroxylation is 1. The normalized spacial score (nSPS) is 15.6. The van der Waals surface area contributed by atoms with Crippen molar-refractivity contribution in [3.63, 3.8) is 0 Å². The highest BCUT2D eigenvalue weighted by molar-refractivity contribution is 6.09. The maximum absolute atomic E-state index is 12.4. The number of benzene rings is 1. The van der Waals surface area contributed by atoms with Crippen LogP contribution in [-0.2, 0) is 16.0 Å². The average molecular weight is 302 g/mol. The molecule has 1 aliphatic carbocycles. The fourth-order valence-electron chi connectivity index (χ4n) is 2.65. The maximum Gasteiger partial charge on any atom is 0.239 e. The van der Waals surface area contributed by atoms with Crippen LogP contribution in [0.25, 0.3) is 0 Å². The van der Waals surface area contributed by atoms with Crippen LogP contribution in [0.1, 0.15) is 52.0 Å². The molecule has 0 aliphatic heterocycles. The van der Waals surface area contributed by atoms with Gasteiger partial charge in [0.25, 0.3) is 0 Å². The van der Waals surface area contributed by atoms with Crippen LogP contribution in [0.15, 0.2) is 24.3 Å². The van der Waals surface area contributed by atoms with Gasteiger partial charge in [-0.3, -0.25) is 9.59 Å².